The van der Waals surface area contributed by atoms with E-state index in [1.807, 2.05) is 20.8 Å². The van der Waals surface area contributed by atoms with Gasteiger partial charge in [0.15, 0.2) is 0 Å². The van der Waals surface area contributed by atoms with Crippen LogP contribution in [0.3, 0.4) is 0 Å². The maximum atomic E-state index is 11.6. The number of carbonyl (C=O) groups is 1. The van der Waals surface area contributed by atoms with Crippen molar-refractivity contribution in [3.05, 3.63) is 23.3 Å². The van der Waals surface area contributed by atoms with E-state index in [4.69, 9.17) is 0 Å². The molecule has 0 radical (unpaired) electrons. The first kappa shape index (κ1) is 14.6. The number of Topliss-reactive ketones (excluding diaryl/α,β-unsaturated/α-hetero) is 1. The molecule has 1 aromatic carbocycles. The molecule has 0 heterocycles. The van der Waals surface area contributed by atoms with Gasteiger partial charge in [-0.1, -0.05) is 20.8 Å². The molecule has 2 N–H and O–H groups in total. The van der Waals surface area contributed by atoms with Gasteiger partial charge < -0.3 is 10.2 Å². The number of aryl methyl sites for hydroxylation is 1. The molecule has 1 aromatic rings. The summed E-state index contributed by atoms with van der Waals surface area (Å²) in [4.78, 5) is 11.6. The van der Waals surface area contributed by atoms with Gasteiger partial charge in [-0.2, -0.15) is 0 Å². The van der Waals surface area contributed by atoms with Crippen LogP contribution in [0.5, 0.6) is 11.5 Å². The summed E-state index contributed by atoms with van der Waals surface area (Å²) in [5.74, 6) is 0.612. The first-order valence-corrected chi connectivity index (χ1v) is 6.38. The number of phenolic OH excluding ortho intramolecular Hbond substituents is 2. The Labute approximate surface area is 108 Å². The van der Waals surface area contributed by atoms with Gasteiger partial charge >= 0.3 is 0 Å². The van der Waals surface area contributed by atoms with Gasteiger partial charge in [0.25, 0.3) is 0 Å². The summed E-state index contributed by atoms with van der Waals surface area (Å²) in [5.41, 5.74) is 1.53. The zero-order valence-corrected chi connectivity index (χ0v) is 11.5. The van der Waals surface area contributed by atoms with E-state index >= 15 is 0 Å². The molecular formula is C15H22O3. The molecule has 0 saturated heterocycles. The largest absolute Gasteiger partial charge is 0.508 e. The molecule has 0 bridgehead atoms. The minimum atomic E-state index is 0.0624. The van der Waals surface area contributed by atoms with E-state index in [9.17, 15) is 15.0 Å². The van der Waals surface area contributed by atoms with E-state index in [1.54, 1.807) is 13.0 Å². The SMILES string of the molecule is Cc1cc(C(C)CCC(=O)C(C)C)c(O)cc1O. The molecule has 0 aliphatic heterocycles. The molecule has 0 aliphatic carbocycles. The minimum absolute atomic E-state index is 0.0624. The van der Waals surface area contributed by atoms with Crippen molar-refractivity contribution < 1.29 is 15.0 Å². The van der Waals surface area contributed by atoms with Crippen molar-refractivity contribution in [2.75, 3.05) is 0 Å². The highest BCUT2D eigenvalue weighted by molar-refractivity contribution is 5.80. The van der Waals surface area contributed by atoms with Crippen molar-refractivity contribution in [1.82, 2.24) is 0 Å². The molecule has 0 aliphatic rings. The van der Waals surface area contributed by atoms with Gasteiger partial charge in [0.2, 0.25) is 0 Å². The summed E-state index contributed by atoms with van der Waals surface area (Å²) >= 11 is 0. The number of ketones is 1. The monoisotopic (exact) mass is 250 g/mol. The quantitative estimate of drug-likeness (QED) is 0.840. The summed E-state index contributed by atoms with van der Waals surface area (Å²) < 4.78 is 0. The lowest BCUT2D eigenvalue weighted by Crippen LogP contribution is -2.08. The fourth-order valence-corrected chi connectivity index (χ4v) is 1.91. The van der Waals surface area contributed by atoms with Gasteiger partial charge in [-0.25, -0.2) is 0 Å². The van der Waals surface area contributed by atoms with E-state index in [0.717, 1.165) is 17.5 Å². The van der Waals surface area contributed by atoms with Crippen molar-refractivity contribution in [3.63, 3.8) is 0 Å². The van der Waals surface area contributed by atoms with Crippen molar-refractivity contribution in [2.45, 2.75) is 46.5 Å². The third-order valence-corrected chi connectivity index (χ3v) is 3.34. The maximum Gasteiger partial charge on any atom is 0.135 e. The van der Waals surface area contributed by atoms with E-state index in [2.05, 4.69) is 0 Å². The van der Waals surface area contributed by atoms with Crippen molar-refractivity contribution in [3.8, 4) is 11.5 Å². The zero-order chi connectivity index (χ0) is 13.9. The molecule has 1 rings (SSSR count). The molecule has 3 nitrogen and oxygen atoms in total. The number of carbonyl (C=O) groups excluding carboxylic acids is 1. The topological polar surface area (TPSA) is 57.5 Å². The normalized spacial score (nSPS) is 12.7. The summed E-state index contributed by atoms with van der Waals surface area (Å²) in [6, 6.07) is 3.15. The lowest BCUT2D eigenvalue weighted by Gasteiger charge is -2.15. The van der Waals surface area contributed by atoms with Crippen molar-refractivity contribution >= 4 is 5.78 Å². The lowest BCUT2D eigenvalue weighted by atomic mass is 9.91. The molecule has 0 amide bonds. The van der Waals surface area contributed by atoms with Crippen LogP contribution < -0.4 is 0 Å². The van der Waals surface area contributed by atoms with Gasteiger partial charge in [0, 0.05) is 18.4 Å². The van der Waals surface area contributed by atoms with Gasteiger partial charge in [-0.05, 0) is 36.5 Å². The predicted molar refractivity (Wildman–Crippen MR) is 72.0 cm³/mol. The Kier molecular flexibility index (Phi) is 4.76. The Hall–Kier alpha value is -1.51. The number of phenols is 2. The second-order valence-electron chi connectivity index (χ2n) is 5.26. The van der Waals surface area contributed by atoms with E-state index in [-0.39, 0.29) is 29.1 Å². The van der Waals surface area contributed by atoms with Crippen LogP contribution in [0.25, 0.3) is 0 Å². The maximum absolute atomic E-state index is 11.6. The molecule has 100 valence electrons. The summed E-state index contributed by atoms with van der Waals surface area (Å²) in [5, 5.41) is 19.3. The standard InChI is InChI=1S/C15H22O3/c1-9(2)13(16)6-5-10(3)12-7-11(4)14(17)8-15(12)18/h7-10,17-18H,5-6H2,1-4H3. The molecule has 0 aromatic heterocycles. The number of hydrogen-bond donors (Lipinski definition) is 2. The third kappa shape index (κ3) is 3.49. The average Bonchev–Trinajstić information content (AvgIpc) is 2.30. The first-order chi connectivity index (χ1) is 8.32. The van der Waals surface area contributed by atoms with Gasteiger partial charge in [0.05, 0.1) is 0 Å². The summed E-state index contributed by atoms with van der Waals surface area (Å²) in [6.07, 6.45) is 1.24. The average molecular weight is 250 g/mol. The number of aromatic hydroxyl groups is 2. The van der Waals surface area contributed by atoms with Crippen LogP contribution in [0.15, 0.2) is 12.1 Å². The molecule has 1 atom stereocenters. The fraction of sp³-hybridized carbons (Fsp3) is 0.533. The van der Waals surface area contributed by atoms with Crippen LogP contribution in [0.4, 0.5) is 0 Å². The van der Waals surface area contributed by atoms with Gasteiger partial charge in [-0.3, -0.25) is 4.79 Å². The van der Waals surface area contributed by atoms with E-state index in [1.165, 1.54) is 6.07 Å². The van der Waals surface area contributed by atoms with Gasteiger partial charge in [0.1, 0.15) is 17.3 Å². The Morgan fingerprint density at radius 1 is 1.17 bits per heavy atom. The van der Waals surface area contributed by atoms with E-state index in [0.29, 0.717) is 6.42 Å². The number of rotatable bonds is 5. The van der Waals surface area contributed by atoms with Crippen LogP contribution in [-0.2, 0) is 4.79 Å². The smallest absolute Gasteiger partial charge is 0.135 e. The molecule has 1 unspecified atom stereocenters. The fourth-order valence-electron chi connectivity index (χ4n) is 1.91. The number of benzene rings is 1. The van der Waals surface area contributed by atoms with Crippen molar-refractivity contribution in [1.29, 1.82) is 0 Å². The van der Waals surface area contributed by atoms with Crippen LogP contribution in [0, 0.1) is 12.8 Å². The Bertz CT molecular complexity index is 436. The Balaban J connectivity index is 2.76. The van der Waals surface area contributed by atoms with Gasteiger partial charge in [-0.15, -0.1) is 0 Å². The van der Waals surface area contributed by atoms with Crippen LogP contribution in [-0.4, -0.2) is 16.0 Å². The summed E-state index contributed by atoms with van der Waals surface area (Å²) in [7, 11) is 0. The molecule has 0 spiro atoms. The third-order valence-electron chi connectivity index (χ3n) is 3.34. The predicted octanol–water partition coefficient (Wildman–Crippen LogP) is 3.52. The molecular weight excluding hydrogens is 228 g/mol. The Morgan fingerprint density at radius 3 is 2.33 bits per heavy atom. The highest BCUT2D eigenvalue weighted by Crippen LogP contribution is 2.34. The second-order valence-corrected chi connectivity index (χ2v) is 5.26. The number of hydrogen-bond acceptors (Lipinski definition) is 3. The molecule has 0 fully saturated rings. The zero-order valence-electron chi connectivity index (χ0n) is 11.5. The Morgan fingerprint density at radius 2 is 1.78 bits per heavy atom. The van der Waals surface area contributed by atoms with Crippen LogP contribution in [0.1, 0.15) is 50.7 Å². The van der Waals surface area contributed by atoms with Crippen LogP contribution >= 0.6 is 0 Å². The highest BCUT2D eigenvalue weighted by atomic mass is 16.3. The van der Waals surface area contributed by atoms with E-state index < -0.39 is 0 Å². The van der Waals surface area contributed by atoms with Crippen LogP contribution in [0.2, 0.25) is 0 Å². The second kappa shape index (κ2) is 5.89. The molecule has 0 saturated carbocycles. The lowest BCUT2D eigenvalue weighted by molar-refractivity contribution is -0.122. The summed E-state index contributed by atoms with van der Waals surface area (Å²) in [6.45, 7) is 7.58. The highest BCUT2D eigenvalue weighted by Gasteiger charge is 2.15. The first-order valence-electron chi connectivity index (χ1n) is 6.38. The molecule has 18 heavy (non-hydrogen) atoms. The minimum Gasteiger partial charge on any atom is -0.508 e. The molecule has 3 heteroatoms. The van der Waals surface area contributed by atoms with Crippen molar-refractivity contribution in [2.24, 2.45) is 5.92 Å².